The minimum absolute atomic E-state index is 0.325. The number of nitrogens with zero attached hydrogens (tertiary/aromatic N) is 2. The Hall–Kier alpha value is -1.39. The third kappa shape index (κ3) is 2.02. The molecule has 0 atom stereocenters. The number of rotatable bonds is 4. The number of ether oxygens (including phenoxy) is 1. The average molecular weight is 245 g/mol. The van der Waals surface area contributed by atoms with Crippen molar-refractivity contribution in [3.05, 3.63) is 30.0 Å². The smallest absolute Gasteiger partial charge is 0.0960 e. The predicted octanol–water partition coefficient (Wildman–Crippen LogP) is 2.06. The Labute approximate surface area is 107 Å². The normalized spacial score (nSPS) is 23.2. The first-order chi connectivity index (χ1) is 8.78. The van der Waals surface area contributed by atoms with Crippen LogP contribution in [0.3, 0.4) is 0 Å². The van der Waals surface area contributed by atoms with Crippen LogP contribution in [-0.4, -0.2) is 21.9 Å². The maximum absolute atomic E-state index is 5.84. The largest absolute Gasteiger partial charge is 0.372 e. The molecule has 2 N–H and O–H groups in total. The first-order valence-corrected chi connectivity index (χ1v) is 6.59. The molecule has 1 saturated carbocycles. The summed E-state index contributed by atoms with van der Waals surface area (Å²) in [5, 5.41) is 5.81. The van der Waals surface area contributed by atoms with Gasteiger partial charge in [0.2, 0.25) is 0 Å². The summed E-state index contributed by atoms with van der Waals surface area (Å²) in [6.45, 7) is 3.58. The van der Waals surface area contributed by atoms with E-state index in [-0.39, 0.29) is 0 Å². The first-order valence-electron chi connectivity index (χ1n) is 6.59. The lowest BCUT2D eigenvalue weighted by atomic mass is 9.90. The van der Waals surface area contributed by atoms with Crippen LogP contribution in [-0.2, 0) is 17.9 Å². The van der Waals surface area contributed by atoms with E-state index in [9.17, 15) is 0 Å². The molecule has 0 unspecified atom stereocenters. The van der Waals surface area contributed by atoms with Crippen molar-refractivity contribution in [3.63, 3.8) is 0 Å². The van der Waals surface area contributed by atoms with E-state index >= 15 is 0 Å². The highest BCUT2D eigenvalue weighted by molar-refractivity contribution is 5.81. The summed E-state index contributed by atoms with van der Waals surface area (Å²) < 4.78 is 7.87. The van der Waals surface area contributed by atoms with E-state index in [0.717, 1.165) is 25.1 Å². The number of para-hydroxylation sites is 1. The molecule has 96 valence electrons. The van der Waals surface area contributed by atoms with E-state index in [1.165, 1.54) is 10.9 Å². The lowest BCUT2D eigenvalue weighted by Gasteiger charge is -2.31. The maximum Gasteiger partial charge on any atom is 0.0960 e. The molecular weight excluding hydrogens is 226 g/mol. The van der Waals surface area contributed by atoms with Crippen molar-refractivity contribution in [2.75, 3.05) is 0 Å². The van der Waals surface area contributed by atoms with E-state index in [1.807, 2.05) is 16.8 Å². The SMILES string of the molecule is CCn1nc(COC2CC(N)C2)c2ccccc21. The summed E-state index contributed by atoms with van der Waals surface area (Å²) in [5.74, 6) is 0. The van der Waals surface area contributed by atoms with Gasteiger partial charge in [-0.05, 0) is 25.8 Å². The highest BCUT2D eigenvalue weighted by atomic mass is 16.5. The lowest BCUT2D eigenvalue weighted by molar-refractivity contribution is -0.0199. The molecule has 18 heavy (non-hydrogen) atoms. The van der Waals surface area contributed by atoms with Crippen LogP contribution < -0.4 is 5.73 Å². The Morgan fingerprint density at radius 3 is 2.89 bits per heavy atom. The minimum atomic E-state index is 0.325. The zero-order valence-corrected chi connectivity index (χ0v) is 10.7. The second kappa shape index (κ2) is 4.71. The van der Waals surface area contributed by atoms with Gasteiger partial charge < -0.3 is 10.5 Å². The first kappa shape index (κ1) is 11.7. The zero-order valence-electron chi connectivity index (χ0n) is 10.7. The molecule has 2 aromatic rings. The summed E-state index contributed by atoms with van der Waals surface area (Å²) in [5.41, 5.74) is 7.97. The summed E-state index contributed by atoms with van der Waals surface area (Å²) >= 11 is 0. The fourth-order valence-electron chi connectivity index (χ4n) is 2.48. The van der Waals surface area contributed by atoms with Crippen molar-refractivity contribution >= 4 is 10.9 Å². The third-order valence-electron chi connectivity index (χ3n) is 3.62. The van der Waals surface area contributed by atoms with Crippen molar-refractivity contribution < 1.29 is 4.74 Å². The van der Waals surface area contributed by atoms with Crippen LogP contribution in [0.4, 0.5) is 0 Å². The number of fused-ring (bicyclic) bond motifs is 1. The van der Waals surface area contributed by atoms with Gasteiger partial charge in [-0.3, -0.25) is 4.68 Å². The molecule has 1 aromatic heterocycles. The molecule has 0 spiro atoms. The van der Waals surface area contributed by atoms with E-state index in [4.69, 9.17) is 10.5 Å². The van der Waals surface area contributed by atoms with Crippen LogP contribution in [0.15, 0.2) is 24.3 Å². The molecule has 1 aliphatic carbocycles. The van der Waals surface area contributed by atoms with Gasteiger partial charge in [-0.1, -0.05) is 18.2 Å². The Morgan fingerprint density at radius 1 is 1.39 bits per heavy atom. The van der Waals surface area contributed by atoms with Crippen LogP contribution in [0, 0.1) is 0 Å². The lowest BCUT2D eigenvalue weighted by Crippen LogP contribution is -2.41. The molecule has 3 rings (SSSR count). The molecule has 1 heterocycles. The molecular formula is C14H19N3O. The fraction of sp³-hybridized carbons (Fsp3) is 0.500. The summed E-state index contributed by atoms with van der Waals surface area (Å²) in [4.78, 5) is 0. The molecule has 0 bridgehead atoms. The fourth-order valence-corrected chi connectivity index (χ4v) is 2.48. The molecule has 1 fully saturated rings. The molecule has 0 radical (unpaired) electrons. The highest BCUT2D eigenvalue weighted by Gasteiger charge is 2.26. The van der Waals surface area contributed by atoms with Gasteiger partial charge in [0, 0.05) is 18.0 Å². The topological polar surface area (TPSA) is 53.1 Å². The minimum Gasteiger partial charge on any atom is -0.372 e. The number of hydrogen-bond donors (Lipinski definition) is 1. The maximum atomic E-state index is 5.84. The van der Waals surface area contributed by atoms with Gasteiger partial charge in [0.15, 0.2) is 0 Å². The Kier molecular flexibility index (Phi) is 3.06. The van der Waals surface area contributed by atoms with Gasteiger partial charge in [-0.2, -0.15) is 5.10 Å². The summed E-state index contributed by atoms with van der Waals surface area (Å²) in [6.07, 6.45) is 2.28. The van der Waals surface area contributed by atoms with Gasteiger partial charge in [-0.15, -0.1) is 0 Å². The third-order valence-corrected chi connectivity index (χ3v) is 3.62. The van der Waals surface area contributed by atoms with E-state index in [1.54, 1.807) is 0 Å². The van der Waals surface area contributed by atoms with E-state index < -0.39 is 0 Å². The van der Waals surface area contributed by atoms with Crippen LogP contribution in [0.5, 0.6) is 0 Å². The van der Waals surface area contributed by atoms with Crippen LogP contribution in [0.2, 0.25) is 0 Å². The highest BCUT2D eigenvalue weighted by Crippen LogP contribution is 2.24. The monoisotopic (exact) mass is 245 g/mol. The van der Waals surface area contributed by atoms with Gasteiger partial charge in [0.1, 0.15) is 0 Å². The van der Waals surface area contributed by atoms with Gasteiger partial charge in [0.25, 0.3) is 0 Å². The average Bonchev–Trinajstić information content (AvgIpc) is 2.72. The second-order valence-corrected chi connectivity index (χ2v) is 4.94. The zero-order chi connectivity index (χ0) is 12.5. The number of aromatic nitrogens is 2. The van der Waals surface area contributed by atoms with Crippen LogP contribution >= 0.6 is 0 Å². The van der Waals surface area contributed by atoms with Crippen LogP contribution in [0.1, 0.15) is 25.5 Å². The number of aryl methyl sites for hydroxylation is 1. The molecule has 1 aromatic carbocycles. The van der Waals surface area contributed by atoms with Crippen molar-refractivity contribution in [2.45, 2.75) is 45.1 Å². The van der Waals surface area contributed by atoms with E-state index in [2.05, 4.69) is 24.2 Å². The molecule has 4 heteroatoms. The summed E-state index contributed by atoms with van der Waals surface area (Å²) in [6, 6.07) is 8.65. The van der Waals surface area contributed by atoms with Gasteiger partial charge in [0.05, 0.1) is 23.9 Å². The molecule has 0 saturated heterocycles. The van der Waals surface area contributed by atoms with Crippen molar-refractivity contribution in [2.24, 2.45) is 5.73 Å². The van der Waals surface area contributed by atoms with Gasteiger partial charge >= 0.3 is 0 Å². The van der Waals surface area contributed by atoms with Crippen molar-refractivity contribution in [1.82, 2.24) is 9.78 Å². The van der Waals surface area contributed by atoms with Crippen molar-refractivity contribution in [3.8, 4) is 0 Å². The molecule has 1 aliphatic rings. The summed E-state index contributed by atoms with van der Waals surface area (Å²) in [7, 11) is 0. The van der Waals surface area contributed by atoms with Gasteiger partial charge in [-0.25, -0.2) is 0 Å². The molecule has 0 amide bonds. The Bertz CT molecular complexity index is 543. The number of nitrogens with two attached hydrogens (primary N) is 1. The Morgan fingerprint density at radius 2 is 2.17 bits per heavy atom. The van der Waals surface area contributed by atoms with Crippen molar-refractivity contribution in [1.29, 1.82) is 0 Å². The van der Waals surface area contributed by atoms with E-state index in [0.29, 0.717) is 18.8 Å². The number of hydrogen-bond acceptors (Lipinski definition) is 3. The standard InChI is InChI=1S/C14H19N3O/c1-2-17-14-6-4-3-5-12(14)13(16-17)9-18-11-7-10(15)8-11/h3-6,10-11H,2,7-9,15H2,1H3. The predicted molar refractivity (Wildman–Crippen MR) is 71.2 cm³/mol. The van der Waals surface area contributed by atoms with Crippen LogP contribution in [0.25, 0.3) is 10.9 Å². The number of benzene rings is 1. The Balaban J connectivity index is 1.79. The quantitative estimate of drug-likeness (QED) is 0.897. The molecule has 4 nitrogen and oxygen atoms in total. The molecule has 0 aliphatic heterocycles. The second-order valence-electron chi connectivity index (χ2n) is 4.94.